The highest BCUT2D eigenvalue weighted by molar-refractivity contribution is 5.44. The molecule has 1 aromatic carbocycles. The summed E-state index contributed by atoms with van der Waals surface area (Å²) in [6.07, 6.45) is 11.6. The molecule has 174 valence electrons. The van der Waals surface area contributed by atoms with Gasteiger partial charge in [-0.05, 0) is 112 Å². The summed E-state index contributed by atoms with van der Waals surface area (Å²) >= 11 is 0. The zero-order valence-electron chi connectivity index (χ0n) is 19.7. The molecule has 0 bridgehead atoms. The van der Waals surface area contributed by atoms with Gasteiger partial charge in [-0.15, -0.1) is 0 Å². The molecule has 0 atom stereocenters. The fourth-order valence-electron chi connectivity index (χ4n) is 4.95. The molecule has 3 heterocycles. The third-order valence-electron chi connectivity index (χ3n) is 6.87. The monoisotopic (exact) mass is 437 g/mol. The molecule has 0 amide bonds. The number of likely N-dealkylation sites (tertiary alicyclic amines) is 1. The first-order chi connectivity index (χ1) is 15.8. The number of methoxy groups -OCH3 is 1. The van der Waals surface area contributed by atoms with Gasteiger partial charge in [0.25, 0.3) is 0 Å². The molecule has 0 unspecified atom stereocenters. The van der Waals surface area contributed by atoms with Crippen molar-refractivity contribution in [3.05, 3.63) is 53.3 Å². The molecule has 2 aliphatic rings. The molecule has 5 nitrogen and oxygen atoms in total. The molecule has 2 aliphatic heterocycles. The first kappa shape index (κ1) is 23.1. The number of rotatable bonds is 11. The Balaban J connectivity index is 1.31. The lowest BCUT2D eigenvalue weighted by atomic mass is 9.91. The minimum Gasteiger partial charge on any atom is -0.493 e. The average Bonchev–Trinajstić information content (AvgIpc) is 3.35. The van der Waals surface area contributed by atoms with Gasteiger partial charge in [-0.2, -0.15) is 0 Å². The molecule has 5 heteroatoms. The second-order valence-corrected chi connectivity index (χ2v) is 9.30. The van der Waals surface area contributed by atoms with Gasteiger partial charge in [-0.25, -0.2) is 0 Å². The van der Waals surface area contributed by atoms with Gasteiger partial charge in [0.15, 0.2) is 11.5 Å². The molecule has 0 radical (unpaired) electrons. The summed E-state index contributed by atoms with van der Waals surface area (Å²) in [4.78, 5) is 7.16. The molecule has 1 N–H and O–H groups in total. The molecule has 2 saturated heterocycles. The molecule has 2 aromatic rings. The Bertz CT molecular complexity index is 829. The Kier molecular flexibility index (Phi) is 8.80. The van der Waals surface area contributed by atoms with E-state index in [1.54, 1.807) is 7.11 Å². The first-order valence-corrected chi connectivity index (χ1v) is 12.5. The molecule has 32 heavy (non-hydrogen) atoms. The summed E-state index contributed by atoms with van der Waals surface area (Å²) in [7, 11) is 1.71. The van der Waals surface area contributed by atoms with Gasteiger partial charge in [-0.1, -0.05) is 6.07 Å². The van der Waals surface area contributed by atoms with E-state index >= 15 is 0 Å². The van der Waals surface area contributed by atoms with E-state index in [-0.39, 0.29) is 0 Å². The summed E-state index contributed by atoms with van der Waals surface area (Å²) in [5, 5.41) is 3.46. The number of pyridine rings is 1. The van der Waals surface area contributed by atoms with Gasteiger partial charge in [0.1, 0.15) is 0 Å². The summed E-state index contributed by atoms with van der Waals surface area (Å²) in [6.45, 7) is 6.67. The van der Waals surface area contributed by atoms with Crippen LogP contribution in [0.4, 0.5) is 0 Å². The number of hydrogen-bond acceptors (Lipinski definition) is 5. The number of piperidine rings is 1. The Morgan fingerprint density at radius 2 is 1.88 bits per heavy atom. The quantitative estimate of drug-likeness (QED) is 0.525. The average molecular weight is 438 g/mol. The van der Waals surface area contributed by atoms with Crippen LogP contribution >= 0.6 is 0 Å². The van der Waals surface area contributed by atoms with Crippen LogP contribution in [0.15, 0.2) is 36.5 Å². The van der Waals surface area contributed by atoms with E-state index in [2.05, 4.69) is 39.5 Å². The van der Waals surface area contributed by atoms with Crippen LogP contribution in [0.2, 0.25) is 0 Å². The summed E-state index contributed by atoms with van der Waals surface area (Å²) < 4.78 is 11.7. The van der Waals surface area contributed by atoms with Crippen LogP contribution in [-0.2, 0) is 12.8 Å². The summed E-state index contributed by atoms with van der Waals surface area (Å²) in [5.74, 6) is 2.51. The van der Waals surface area contributed by atoms with E-state index in [9.17, 15) is 0 Å². The van der Waals surface area contributed by atoms with E-state index in [0.29, 0.717) is 0 Å². The predicted octanol–water partition coefficient (Wildman–Crippen LogP) is 4.48. The minimum atomic E-state index is 0.723. The molecule has 1 aromatic heterocycles. The topological polar surface area (TPSA) is 46.6 Å². The summed E-state index contributed by atoms with van der Waals surface area (Å²) in [5.41, 5.74) is 3.74. The van der Waals surface area contributed by atoms with Crippen LogP contribution in [0.1, 0.15) is 55.3 Å². The minimum absolute atomic E-state index is 0.723. The smallest absolute Gasteiger partial charge is 0.161 e. The van der Waals surface area contributed by atoms with Crippen molar-refractivity contribution in [3.8, 4) is 11.5 Å². The van der Waals surface area contributed by atoms with Gasteiger partial charge in [-0.3, -0.25) is 4.98 Å². The third kappa shape index (κ3) is 6.94. The van der Waals surface area contributed by atoms with Crippen molar-refractivity contribution in [1.82, 2.24) is 15.2 Å². The Labute approximate surface area is 193 Å². The highest BCUT2D eigenvalue weighted by Gasteiger charge is 2.14. The normalized spacial score (nSPS) is 17.5. The van der Waals surface area contributed by atoms with Crippen molar-refractivity contribution >= 4 is 0 Å². The van der Waals surface area contributed by atoms with Crippen LogP contribution in [0, 0.1) is 5.92 Å². The SMILES string of the molecule is COc1ccc(Cc2cc(CCC3CCNCC3)ccn2)cc1OCCCN1CCCC1. The summed E-state index contributed by atoms with van der Waals surface area (Å²) in [6, 6.07) is 10.7. The fourth-order valence-corrected chi connectivity index (χ4v) is 4.95. The maximum absolute atomic E-state index is 6.12. The lowest BCUT2D eigenvalue weighted by Gasteiger charge is -2.22. The Morgan fingerprint density at radius 3 is 2.69 bits per heavy atom. The lowest BCUT2D eigenvalue weighted by molar-refractivity contribution is 0.254. The van der Waals surface area contributed by atoms with E-state index < -0.39 is 0 Å². The van der Waals surface area contributed by atoms with E-state index in [0.717, 1.165) is 55.5 Å². The molecular weight excluding hydrogens is 398 g/mol. The van der Waals surface area contributed by atoms with Crippen molar-refractivity contribution in [3.63, 3.8) is 0 Å². The van der Waals surface area contributed by atoms with Crippen LogP contribution in [0.5, 0.6) is 11.5 Å². The number of nitrogens with one attached hydrogen (secondary N) is 1. The standard InChI is InChI=1S/C27H39N3O2/c1-31-26-8-7-24(21-27(26)32-18-4-17-30-15-2-3-16-30)20-25-19-23(11-14-29-25)6-5-22-9-12-28-13-10-22/h7-8,11,14,19,21-22,28H,2-6,9-10,12-13,15-18,20H2,1H3. The Morgan fingerprint density at radius 1 is 1.03 bits per heavy atom. The van der Waals surface area contributed by atoms with E-state index in [4.69, 9.17) is 9.47 Å². The van der Waals surface area contributed by atoms with Crippen LogP contribution < -0.4 is 14.8 Å². The number of aromatic nitrogens is 1. The largest absolute Gasteiger partial charge is 0.493 e. The first-order valence-electron chi connectivity index (χ1n) is 12.5. The predicted molar refractivity (Wildman–Crippen MR) is 130 cm³/mol. The number of nitrogens with zero attached hydrogens (tertiary/aromatic N) is 2. The zero-order chi connectivity index (χ0) is 22.0. The maximum atomic E-state index is 6.12. The van der Waals surface area contributed by atoms with Gasteiger partial charge in [0, 0.05) is 24.9 Å². The molecule has 4 rings (SSSR count). The van der Waals surface area contributed by atoms with Gasteiger partial charge >= 0.3 is 0 Å². The molecule has 2 fully saturated rings. The van der Waals surface area contributed by atoms with Gasteiger partial charge in [0.2, 0.25) is 0 Å². The maximum Gasteiger partial charge on any atom is 0.161 e. The highest BCUT2D eigenvalue weighted by atomic mass is 16.5. The second-order valence-electron chi connectivity index (χ2n) is 9.30. The molecule has 0 saturated carbocycles. The number of ether oxygens (including phenoxy) is 2. The number of benzene rings is 1. The van der Waals surface area contributed by atoms with E-state index in [1.165, 1.54) is 69.4 Å². The molecule has 0 aliphatic carbocycles. The van der Waals surface area contributed by atoms with Crippen LogP contribution in [0.3, 0.4) is 0 Å². The zero-order valence-corrected chi connectivity index (χ0v) is 19.7. The van der Waals surface area contributed by atoms with E-state index in [1.807, 2.05) is 12.3 Å². The Hall–Kier alpha value is -2.11. The second kappa shape index (κ2) is 12.2. The van der Waals surface area contributed by atoms with Crippen molar-refractivity contribution < 1.29 is 9.47 Å². The lowest BCUT2D eigenvalue weighted by Crippen LogP contribution is -2.27. The van der Waals surface area contributed by atoms with Crippen LogP contribution in [0.25, 0.3) is 0 Å². The fraction of sp³-hybridized carbons (Fsp3) is 0.593. The third-order valence-corrected chi connectivity index (χ3v) is 6.87. The van der Waals surface area contributed by atoms with Gasteiger partial charge < -0.3 is 19.7 Å². The van der Waals surface area contributed by atoms with Crippen LogP contribution in [-0.4, -0.2) is 56.3 Å². The van der Waals surface area contributed by atoms with Crippen molar-refractivity contribution in [1.29, 1.82) is 0 Å². The highest BCUT2D eigenvalue weighted by Crippen LogP contribution is 2.29. The number of aryl methyl sites for hydroxylation is 1. The van der Waals surface area contributed by atoms with Crippen molar-refractivity contribution in [2.45, 2.75) is 51.4 Å². The van der Waals surface area contributed by atoms with Gasteiger partial charge in [0.05, 0.1) is 13.7 Å². The molecule has 0 spiro atoms. The van der Waals surface area contributed by atoms with Crippen molar-refractivity contribution in [2.24, 2.45) is 5.92 Å². The number of hydrogen-bond donors (Lipinski definition) is 1. The van der Waals surface area contributed by atoms with Crippen molar-refractivity contribution in [2.75, 3.05) is 46.4 Å². The molecular formula is C27H39N3O2.